The Morgan fingerprint density at radius 1 is 1.26 bits per heavy atom. The number of benzene rings is 1. The minimum absolute atomic E-state index is 0.634. The Morgan fingerprint density at radius 2 is 1.63 bits per heavy atom. The molecule has 0 heterocycles. The van der Waals surface area contributed by atoms with Gasteiger partial charge in [0.25, 0.3) is 0 Å². The third kappa shape index (κ3) is 16.3. The average Bonchev–Trinajstić information content (AvgIpc) is 2.41. The van der Waals surface area contributed by atoms with Crippen LogP contribution in [-0.4, -0.2) is 19.4 Å². The van der Waals surface area contributed by atoms with Crippen LogP contribution in [-0.2, 0) is 0 Å². The summed E-state index contributed by atoms with van der Waals surface area (Å²) in [5, 5.41) is 3.03. The van der Waals surface area contributed by atoms with Gasteiger partial charge < -0.3 is 5.32 Å². The van der Waals surface area contributed by atoms with Crippen molar-refractivity contribution >= 4 is 6.29 Å². The molecule has 1 N–H and O–H groups in total. The molecule has 106 valence electrons. The van der Waals surface area contributed by atoms with E-state index in [0.29, 0.717) is 6.04 Å². The van der Waals surface area contributed by atoms with E-state index in [1.54, 1.807) is 6.08 Å². The van der Waals surface area contributed by atoms with E-state index in [1.165, 1.54) is 5.56 Å². The highest BCUT2D eigenvalue weighted by atomic mass is 16.1. The largest absolute Gasteiger partial charge is 0.318 e. The van der Waals surface area contributed by atoms with Crippen LogP contribution < -0.4 is 5.32 Å². The molecule has 0 bridgehead atoms. The number of rotatable bonds is 3. The number of carbonyl (C=O) groups excluding carboxylic acids is 1. The van der Waals surface area contributed by atoms with Crippen LogP contribution in [0.25, 0.3) is 0 Å². The number of aldehydes is 1. The topological polar surface area (TPSA) is 29.1 Å². The van der Waals surface area contributed by atoms with Crippen molar-refractivity contribution in [3.05, 3.63) is 60.2 Å². The summed E-state index contributed by atoms with van der Waals surface area (Å²) in [5.74, 6) is 0. The molecule has 0 saturated heterocycles. The molecule has 0 atom stereocenters. The van der Waals surface area contributed by atoms with Gasteiger partial charge in [0, 0.05) is 11.6 Å². The lowest BCUT2D eigenvalue weighted by atomic mass is 10.2. The lowest BCUT2D eigenvalue weighted by Gasteiger charge is -1.95. The van der Waals surface area contributed by atoms with Gasteiger partial charge in [-0.1, -0.05) is 68.5 Å². The summed E-state index contributed by atoms with van der Waals surface area (Å²) >= 11 is 0. The van der Waals surface area contributed by atoms with Crippen molar-refractivity contribution in [2.24, 2.45) is 0 Å². The summed E-state index contributed by atoms with van der Waals surface area (Å²) < 4.78 is 0. The molecule has 2 nitrogen and oxygen atoms in total. The quantitative estimate of drug-likeness (QED) is 0.653. The highest BCUT2D eigenvalue weighted by Crippen LogP contribution is 1.98. The van der Waals surface area contributed by atoms with Crippen LogP contribution in [0.2, 0.25) is 0 Å². The zero-order valence-electron chi connectivity index (χ0n) is 12.9. The standard InChI is InChI=1S/C8H8O.C5H8.C4H11N/c1-7-2-4-8(6-9)5-3-7;1-4-5(2)3;1-4(2)5-3/h2-6H,1H3;4H,1-2H2,3H3;4-5H,1-3H3. The van der Waals surface area contributed by atoms with Crippen LogP contribution >= 0.6 is 0 Å². The predicted octanol–water partition coefficient (Wildman–Crippen LogP) is 4.17. The van der Waals surface area contributed by atoms with E-state index in [2.05, 4.69) is 32.3 Å². The maximum atomic E-state index is 10.1. The Kier molecular flexibility index (Phi) is 13.2. The molecule has 19 heavy (non-hydrogen) atoms. The number of nitrogens with one attached hydrogen (secondary N) is 1. The van der Waals surface area contributed by atoms with Crippen LogP contribution in [0.3, 0.4) is 0 Å². The van der Waals surface area contributed by atoms with Crippen molar-refractivity contribution in [2.45, 2.75) is 33.7 Å². The first-order chi connectivity index (χ1) is 8.87. The number of aryl methyl sites for hydroxylation is 1. The SMILES string of the molecule is C=CC(=C)C.CNC(C)C.Cc1ccc(C=O)cc1. The molecule has 2 heteroatoms. The minimum Gasteiger partial charge on any atom is -0.318 e. The number of hydrogen-bond acceptors (Lipinski definition) is 2. The van der Waals surface area contributed by atoms with Gasteiger partial charge in [0.05, 0.1) is 0 Å². The molecule has 0 aromatic heterocycles. The Hall–Kier alpha value is -1.67. The highest BCUT2D eigenvalue weighted by molar-refractivity contribution is 5.74. The van der Waals surface area contributed by atoms with Crippen LogP contribution in [0.4, 0.5) is 0 Å². The third-order valence-electron chi connectivity index (χ3n) is 2.14. The number of hydrogen-bond donors (Lipinski definition) is 1. The fourth-order valence-electron chi connectivity index (χ4n) is 0.645. The minimum atomic E-state index is 0.634. The summed E-state index contributed by atoms with van der Waals surface area (Å²) in [5.41, 5.74) is 2.94. The van der Waals surface area contributed by atoms with Gasteiger partial charge in [-0.3, -0.25) is 4.79 Å². The smallest absolute Gasteiger partial charge is 0.150 e. The Balaban J connectivity index is 0. The van der Waals surface area contributed by atoms with E-state index in [0.717, 1.165) is 17.4 Å². The molecule has 0 unspecified atom stereocenters. The zero-order chi connectivity index (χ0) is 15.3. The molecule has 1 aromatic carbocycles. The first-order valence-corrected chi connectivity index (χ1v) is 6.34. The van der Waals surface area contributed by atoms with E-state index < -0.39 is 0 Å². The second kappa shape index (κ2) is 12.8. The molecule has 0 amide bonds. The third-order valence-corrected chi connectivity index (χ3v) is 2.14. The van der Waals surface area contributed by atoms with Gasteiger partial charge in [-0.25, -0.2) is 0 Å². The van der Waals surface area contributed by atoms with Crippen molar-refractivity contribution in [3.8, 4) is 0 Å². The average molecular weight is 261 g/mol. The fourth-order valence-corrected chi connectivity index (χ4v) is 0.645. The Bertz CT molecular complexity index is 363. The maximum absolute atomic E-state index is 10.1. The molecular weight excluding hydrogens is 234 g/mol. The summed E-state index contributed by atoms with van der Waals surface area (Å²) in [6.07, 6.45) is 2.57. The first kappa shape index (κ1) is 19.7. The predicted molar refractivity (Wildman–Crippen MR) is 85.8 cm³/mol. The maximum Gasteiger partial charge on any atom is 0.150 e. The molecule has 0 aliphatic heterocycles. The lowest BCUT2D eigenvalue weighted by molar-refractivity contribution is 0.112. The molecule has 1 rings (SSSR count). The van der Waals surface area contributed by atoms with Gasteiger partial charge in [-0.05, 0) is 20.9 Å². The Labute approximate surface area is 118 Å². The fraction of sp³-hybridized carbons (Fsp3) is 0.353. The molecule has 0 radical (unpaired) electrons. The molecule has 0 aliphatic rings. The molecule has 0 spiro atoms. The van der Waals surface area contributed by atoms with E-state index in [1.807, 2.05) is 45.2 Å². The molecule has 1 aromatic rings. The zero-order valence-corrected chi connectivity index (χ0v) is 12.9. The van der Waals surface area contributed by atoms with Gasteiger partial charge in [0.1, 0.15) is 6.29 Å². The van der Waals surface area contributed by atoms with Crippen molar-refractivity contribution in [1.29, 1.82) is 0 Å². The second-order valence-corrected chi connectivity index (χ2v) is 4.52. The lowest BCUT2D eigenvalue weighted by Crippen LogP contribution is -2.15. The van der Waals surface area contributed by atoms with Gasteiger partial charge >= 0.3 is 0 Å². The second-order valence-electron chi connectivity index (χ2n) is 4.52. The molecular formula is C17H27NO. The van der Waals surface area contributed by atoms with Crippen LogP contribution in [0, 0.1) is 6.92 Å². The summed E-state index contributed by atoms with van der Waals surface area (Å²) in [4.78, 5) is 10.1. The van der Waals surface area contributed by atoms with Crippen molar-refractivity contribution in [2.75, 3.05) is 7.05 Å². The highest BCUT2D eigenvalue weighted by Gasteiger charge is 1.85. The summed E-state index contributed by atoms with van der Waals surface area (Å²) in [7, 11) is 1.95. The monoisotopic (exact) mass is 261 g/mol. The number of allylic oxidation sites excluding steroid dienone is 2. The van der Waals surface area contributed by atoms with Gasteiger partial charge in [0.2, 0.25) is 0 Å². The molecule has 0 fully saturated rings. The molecule has 0 saturated carbocycles. The summed E-state index contributed by atoms with van der Waals surface area (Å²) in [6.45, 7) is 15.1. The van der Waals surface area contributed by atoms with E-state index in [4.69, 9.17) is 0 Å². The first-order valence-electron chi connectivity index (χ1n) is 6.34. The van der Waals surface area contributed by atoms with Crippen LogP contribution in [0.1, 0.15) is 36.7 Å². The van der Waals surface area contributed by atoms with Crippen molar-refractivity contribution in [1.82, 2.24) is 5.32 Å². The van der Waals surface area contributed by atoms with E-state index in [9.17, 15) is 4.79 Å². The van der Waals surface area contributed by atoms with Gasteiger partial charge in [-0.15, -0.1) is 0 Å². The van der Waals surface area contributed by atoms with E-state index in [-0.39, 0.29) is 0 Å². The van der Waals surface area contributed by atoms with Crippen molar-refractivity contribution < 1.29 is 4.79 Å². The number of carbonyl (C=O) groups is 1. The summed E-state index contributed by atoms with van der Waals surface area (Å²) in [6, 6.07) is 8.09. The van der Waals surface area contributed by atoms with Gasteiger partial charge in [-0.2, -0.15) is 0 Å². The normalized spacial score (nSPS) is 8.53. The van der Waals surface area contributed by atoms with E-state index >= 15 is 0 Å². The molecule has 0 aliphatic carbocycles. The van der Waals surface area contributed by atoms with Crippen LogP contribution in [0.5, 0.6) is 0 Å². The Morgan fingerprint density at radius 3 is 1.84 bits per heavy atom. The van der Waals surface area contributed by atoms with Crippen molar-refractivity contribution in [3.63, 3.8) is 0 Å². The van der Waals surface area contributed by atoms with Crippen LogP contribution in [0.15, 0.2) is 49.1 Å². The van der Waals surface area contributed by atoms with Gasteiger partial charge in [0.15, 0.2) is 0 Å².